The van der Waals surface area contributed by atoms with Crippen molar-refractivity contribution in [2.75, 3.05) is 7.11 Å². The predicted octanol–water partition coefficient (Wildman–Crippen LogP) is 0.646. The Morgan fingerprint density at radius 2 is 2.43 bits per heavy atom. The molecule has 0 radical (unpaired) electrons. The Kier molecular flexibility index (Phi) is 1.77. The SMILES string of the molecule is COc1cc([N+](=O)[O-])cn2cnnc12. The van der Waals surface area contributed by atoms with E-state index in [4.69, 9.17) is 4.74 Å². The number of fused-ring (bicyclic) bond motifs is 1. The fraction of sp³-hybridized carbons (Fsp3) is 0.143. The zero-order valence-electron chi connectivity index (χ0n) is 7.25. The summed E-state index contributed by atoms with van der Waals surface area (Å²) in [5.74, 6) is 0.330. The highest BCUT2D eigenvalue weighted by Gasteiger charge is 2.13. The minimum Gasteiger partial charge on any atom is -0.493 e. The third-order valence-corrected chi connectivity index (χ3v) is 1.77. The molecule has 0 aliphatic heterocycles. The van der Waals surface area contributed by atoms with Crippen LogP contribution in [0.2, 0.25) is 0 Å². The van der Waals surface area contributed by atoms with Gasteiger partial charge in [0.2, 0.25) is 5.65 Å². The Morgan fingerprint density at radius 1 is 1.64 bits per heavy atom. The Bertz CT molecular complexity index is 493. The van der Waals surface area contributed by atoms with Gasteiger partial charge in [-0.1, -0.05) is 0 Å². The van der Waals surface area contributed by atoms with Gasteiger partial charge in [-0.2, -0.15) is 0 Å². The minimum absolute atomic E-state index is 0.0610. The second-order valence-corrected chi connectivity index (χ2v) is 2.59. The van der Waals surface area contributed by atoms with Crippen molar-refractivity contribution >= 4 is 11.3 Å². The molecule has 0 aliphatic carbocycles. The van der Waals surface area contributed by atoms with E-state index in [0.29, 0.717) is 11.4 Å². The monoisotopic (exact) mass is 194 g/mol. The summed E-state index contributed by atoms with van der Waals surface area (Å²) in [4.78, 5) is 10.0. The minimum atomic E-state index is -0.498. The number of hydrogen-bond acceptors (Lipinski definition) is 5. The number of nitrogens with zero attached hydrogens (tertiary/aromatic N) is 4. The van der Waals surface area contributed by atoms with E-state index in [2.05, 4.69) is 10.2 Å². The van der Waals surface area contributed by atoms with Crippen LogP contribution in [0.15, 0.2) is 18.6 Å². The molecule has 0 aliphatic rings. The van der Waals surface area contributed by atoms with E-state index in [1.165, 1.54) is 30.1 Å². The van der Waals surface area contributed by atoms with Crippen LogP contribution in [0.3, 0.4) is 0 Å². The van der Waals surface area contributed by atoms with Crippen molar-refractivity contribution in [3.05, 3.63) is 28.7 Å². The molecule has 2 rings (SSSR count). The maximum absolute atomic E-state index is 10.5. The topological polar surface area (TPSA) is 82.6 Å². The number of aromatic nitrogens is 3. The van der Waals surface area contributed by atoms with Crippen LogP contribution in [-0.4, -0.2) is 26.6 Å². The first kappa shape index (κ1) is 8.42. The van der Waals surface area contributed by atoms with Crippen molar-refractivity contribution < 1.29 is 9.66 Å². The largest absolute Gasteiger partial charge is 0.493 e. The van der Waals surface area contributed by atoms with E-state index in [-0.39, 0.29) is 5.69 Å². The summed E-state index contributed by atoms with van der Waals surface area (Å²) >= 11 is 0. The standard InChI is InChI=1S/C7H6N4O3/c1-14-6-2-5(11(12)13)3-10-4-8-9-7(6)10/h2-4H,1H3. The van der Waals surface area contributed by atoms with Crippen LogP contribution in [0.5, 0.6) is 5.75 Å². The zero-order valence-corrected chi connectivity index (χ0v) is 7.25. The molecule has 72 valence electrons. The van der Waals surface area contributed by atoms with Crippen LogP contribution in [0, 0.1) is 10.1 Å². The van der Waals surface area contributed by atoms with Crippen LogP contribution in [0.4, 0.5) is 5.69 Å². The molecule has 0 saturated heterocycles. The molecule has 0 saturated carbocycles. The van der Waals surface area contributed by atoms with Crippen molar-refractivity contribution in [3.63, 3.8) is 0 Å². The number of rotatable bonds is 2. The van der Waals surface area contributed by atoms with E-state index >= 15 is 0 Å². The number of methoxy groups -OCH3 is 1. The molecular weight excluding hydrogens is 188 g/mol. The second-order valence-electron chi connectivity index (χ2n) is 2.59. The number of ether oxygens (including phenoxy) is 1. The van der Waals surface area contributed by atoms with Crippen molar-refractivity contribution in [1.29, 1.82) is 0 Å². The first-order valence-electron chi connectivity index (χ1n) is 3.74. The summed E-state index contributed by atoms with van der Waals surface area (Å²) in [6.07, 6.45) is 2.71. The summed E-state index contributed by atoms with van der Waals surface area (Å²) in [7, 11) is 1.42. The highest BCUT2D eigenvalue weighted by Crippen LogP contribution is 2.23. The Morgan fingerprint density at radius 3 is 3.07 bits per heavy atom. The highest BCUT2D eigenvalue weighted by molar-refractivity contribution is 5.56. The summed E-state index contributed by atoms with van der Waals surface area (Å²) in [5, 5.41) is 17.9. The molecule has 2 aromatic heterocycles. The molecule has 7 nitrogen and oxygen atoms in total. The van der Waals surface area contributed by atoms with Gasteiger partial charge in [-0.3, -0.25) is 14.5 Å². The summed E-state index contributed by atoms with van der Waals surface area (Å²) < 4.78 is 6.39. The smallest absolute Gasteiger partial charge is 0.289 e. The van der Waals surface area contributed by atoms with Crippen LogP contribution in [-0.2, 0) is 0 Å². The average molecular weight is 194 g/mol. The van der Waals surface area contributed by atoms with Crippen LogP contribution in [0.1, 0.15) is 0 Å². The molecule has 0 aromatic carbocycles. The van der Waals surface area contributed by atoms with E-state index in [1.54, 1.807) is 0 Å². The fourth-order valence-corrected chi connectivity index (χ4v) is 1.14. The van der Waals surface area contributed by atoms with Gasteiger partial charge in [0.1, 0.15) is 6.33 Å². The fourth-order valence-electron chi connectivity index (χ4n) is 1.14. The molecular formula is C7H6N4O3. The maximum atomic E-state index is 10.5. The molecule has 0 spiro atoms. The normalized spacial score (nSPS) is 10.4. The van der Waals surface area contributed by atoms with Gasteiger partial charge >= 0.3 is 0 Å². The Balaban J connectivity index is 2.73. The summed E-state index contributed by atoms with van der Waals surface area (Å²) in [6.45, 7) is 0. The van der Waals surface area contributed by atoms with Crippen molar-refractivity contribution in [3.8, 4) is 5.75 Å². The predicted molar refractivity (Wildman–Crippen MR) is 46.2 cm³/mol. The first-order valence-corrected chi connectivity index (χ1v) is 3.74. The third kappa shape index (κ3) is 1.15. The summed E-state index contributed by atoms with van der Waals surface area (Å²) in [5.41, 5.74) is 0.396. The number of nitro groups is 1. The van der Waals surface area contributed by atoms with Gasteiger partial charge < -0.3 is 4.74 Å². The van der Waals surface area contributed by atoms with Gasteiger partial charge in [0, 0.05) is 0 Å². The summed E-state index contributed by atoms with van der Waals surface area (Å²) in [6, 6.07) is 1.31. The number of pyridine rings is 1. The Labute approximate surface area is 78.1 Å². The lowest BCUT2D eigenvalue weighted by molar-refractivity contribution is -0.385. The quantitative estimate of drug-likeness (QED) is 0.517. The van der Waals surface area contributed by atoms with Gasteiger partial charge in [0.05, 0.1) is 24.3 Å². The van der Waals surface area contributed by atoms with Crippen molar-refractivity contribution in [2.45, 2.75) is 0 Å². The lowest BCUT2D eigenvalue weighted by atomic mass is 10.4. The van der Waals surface area contributed by atoms with Gasteiger partial charge in [0.25, 0.3) is 5.69 Å². The van der Waals surface area contributed by atoms with Gasteiger partial charge in [-0.25, -0.2) is 0 Å². The Hall–Kier alpha value is -2.18. The molecule has 7 heteroatoms. The van der Waals surface area contributed by atoms with Gasteiger partial charge in [-0.15, -0.1) is 10.2 Å². The molecule has 0 amide bonds. The van der Waals surface area contributed by atoms with Crippen LogP contribution in [0.25, 0.3) is 5.65 Å². The molecule has 0 bridgehead atoms. The lowest BCUT2D eigenvalue weighted by Gasteiger charge is -2.00. The third-order valence-electron chi connectivity index (χ3n) is 1.77. The average Bonchev–Trinajstić information content (AvgIpc) is 2.63. The van der Waals surface area contributed by atoms with Crippen molar-refractivity contribution in [1.82, 2.24) is 14.6 Å². The van der Waals surface area contributed by atoms with Crippen molar-refractivity contribution in [2.24, 2.45) is 0 Å². The van der Waals surface area contributed by atoms with E-state index in [9.17, 15) is 10.1 Å². The van der Waals surface area contributed by atoms with Gasteiger partial charge in [-0.05, 0) is 0 Å². The second kappa shape index (κ2) is 2.95. The lowest BCUT2D eigenvalue weighted by Crippen LogP contribution is -1.95. The molecule has 2 aromatic rings. The molecule has 0 fully saturated rings. The van der Waals surface area contributed by atoms with E-state index < -0.39 is 4.92 Å². The van der Waals surface area contributed by atoms with Crippen LogP contribution < -0.4 is 4.74 Å². The molecule has 2 heterocycles. The highest BCUT2D eigenvalue weighted by atomic mass is 16.6. The zero-order chi connectivity index (χ0) is 10.1. The number of hydrogen-bond donors (Lipinski definition) is 0. The van der Waals surface area contributed by atoms with E-state index in [0.717, 1.165) is 0 Å². The van der Waals surface area contributed by atoms with Gasteiger partial charge in [0.15, 0.2) is 5.75 Å². The maximum Gasteiger partial charge on any atom is 0.289 e. The van der Waals surface area contributed by atoms with E-state index in [1.807, 2.05) is 0 Å². The van der Waals surface area contributed by atoms with Crippen LogP contribution >= 0.6 is 0 Å². The molecule has 14 heavy (non-hydrogen) atoms. The molecule has 0 unspecified atom stereocenters. The molecule has 0 N–H and O–H groups in total. The molecule has 0 atom stereocenters. The first-order chi connectivity index (χ1) is 6.72.